The molecule has 1 saturated carbocycles. The Morgan fingerprint density at radius 2 is 1.85 bits per heavy atom. The number of hydrogen-bond acceptors (Lipinski definition) is 4. The normalized spacial score (nSPS) is 19.8. The van der Waals surface area contributed by atoms with E-state index in [1.54, 1.807) is 18.3 Å². The summed E-state index contributed by atoms with van der Waals surface area (Å²) < 4.78 is 22.4. The van der Waals surface area contributed by atoms with Gasteiger partial charge in [-0.25, -0.2) is 9.37 Å². The van der Waals surface area contributed by atoms with Crippen LogP contribution in [0, 0.1) is 19.7 Å². The summed E-state index contributed by atoms with van der Waals surface area (Å²) >= 11 is 0. The van der Waals surface area contributed by atoms with E-state index in [0.29, 0.717) is 17.4 Å². The van der Waals surface area contributed by atoms with E-state index in [4.69, 9.17) is 4.74 Å². The molecule has 1 aromatic carbocycles. The van der Waals surface area contributed by atoms with E-state index in [0.717, 1.165) is 37.1 Å². The highest BCUT2D eigenvalue weighted by molar-refractivity contribution is 5.38. The maximum Gasteiger partial charge on any atom is 0.213 e. The lowest BCUT2D eigenvalue weighted by Gasteiger charge is -2.28. The molecule has 1 fully saturated rings. The molecule has 2 aromatic heterocycles. The average Bonchev–Trinajstić information content (AvgIpc) is 3.05. The van der Waals surface area contributed by atoms with Gasteiger partial charge in [-0.3, -0.25) is 4.57 Å². The van der Waals surface area contributed by atoms with Gasteiger partial charge in [0, 0.05) is 18.2 Å². The van der Waals surface area contributed by atoms with Gasteiger partial charge in [-0.15, -0.1) is 10.2 Å². The van der Waals surface area contributed by atoms with Crippen molar-refractivity contribution >= 4 is 0 Å². The third-order valence-corrected chi connectivity index (χ3v) is 5.16. The van der Waals surface area contributed by atoms with Crippen LogP contribution in [0.25, 0.3) is 5.69 Å². The molecule has 5 nitrogen and oxygen atoms in total. The molecule has 4 rings (SSSR count). The number of pyridine rings is 1. The molecule has 1 aliphatic carbocycles. The summed E-state index contributed by atoms with van der Waals surface area (Å²) in [7, 11) is 0. The molecule has 6 heteroatoms. The average molecular weight is 366 g/mol. The van der Waals surface area contributed by atoms with Gasteiger partial charge < -0.3 is 4.74 Å². The van der Waals surface area contributed by atoms with Crippen molar-refractivity contribution in [3.8, 4) is 11.6 Å². The minimum atomic E-state index is -0.244. The molecule has 140 valence electrons. The van der Waals surface area contributed by atoms with Crippen molar-refractivity contribution in [2.75, 3.05) is 0 Å². The minimum absolute atomic E-state index is 0.157. The van der Waals surface area contributed by atoms with Gasteiger partial charge in [-0.05, 0) is 63.3 Å². The second kappa shape index (κ2) is 7.47. The molecule has 0 bridgehead atoms. The molecular weight excluding hydrogens is 343 g/mol. The number of rotatable bonds is 4. The van der Waals surface area contributed by atoms with E-state index >= 15 is 0 Å². The highest BCUT2D eigenvalue weighted by Crippen LogP contribution is 2.35. The van der Waals surface area contributed by atoms with Crippen molar-refractivity contribution in [1.82, 2.24) is 19.7 Å². The Bertz CT molecular complexity index is 917. The number of benzene rings is 1. The van der Waals surface area contributed by atoms with Crippen LogP contribution in [0.4, 0.5) is 4.39 Å². The lowest BCUT2D eigenvalue weighted by atomic mass is 9.86. The van der Waals surface area contributed by atoms with Crippen molar-refractivity contribution in [1.29, 1.82) is 0 Å². The lowest BCUT2D eigenvalue weighted by molar-refractivity contribution is 0.139. The Labute approximate surface area is 158 Å². The lowest BCUT2D eigenvalue weighted by Crippen LogP contribution is -2.25. The molecule has 0 radical (unpaired) electrons. The van der Waals surface area contributed by atoms with Crippen molar-refractivity contribution < 1.29 is 9.13 Å². The summed E-state index contributed by atoms with van der Waals surface area (Å²) in [6.07, 6.45) is 5.60. The number of halogens is 1. The quantitative estimate of drug-likeness (QED) is 0.681. The highest BCUT2D eigenvalue weighted by Gasteiger charge is 2.28. The molecule has 3 aromatic rings. The zero-order chi connectivity index (χ0) is 18.8. The topological polar surface area (TPSA) is 52.8 Å². The van der Waals surface area contributed by atoms with Gasteiger partial charge in [0.05, 0.1) is 5.69 Å². The molecule has 0 atom stereocenters. The van der Waals surface area contributed by atoms with Crippen LogP contribution in [0.3, 0.4) is 0 Å². The number of hydrogen-bond donors (Lipinski definition) is 0. The van der Waals surface area contributed by atoms with E-state index in [9.17, 15) is 4.39 Å². The summed E-state index contributed by atoms with van der Waals surface area (Å²) in [6.45, 7) is 3.75. The van der Waals surface area contributed by atoms with Crippen LogP contribution < -0.4 is 4.74 Å². The molecule has 0 spiro atoms. The Balaban J connectivity index is 1.51. The molecule has 0 saturated heterocycles. The number of aryl methyl sites for hydroxylation is 2. The third-order valence-electron chi connectivity index (χ3n) is 5.16. The minimum Gasteiger partial charge on any atom is -0.474 e. The standard InChI is InChI=1S/C21H23FN4O/c1-14-6-11-19(18(22)13-14)26-15(2)24-25-21(26)16-7-9-17(10-8-16)27-20-5-3-4-12-23-20/h3-6,11-13,16-17H,7-10H2,1-2H3/t16-,17-. The Hall–Kier alpha value is -2.76. The van der Waals surface area contributed by atoms with Crippen molar-refractivity contribution in [3.63, 3.8) is 0 Å². The second-order valence-corrected chi connectivity index (χ2v) is 7.16. The van der Waals surface area contributed by atoms with E-state index in [1.807, 2.05) is 42.7 Å². The number of ether oxygens (including phenoxy) is 1. The van der Waals surface area contributed by atoms with Crippen LogP contribution in [-0.2, 0) is 0 Å². The van der Waals surface area contributed by atoms with Crippen LogP contribution in [0.2, 0.25) is 0 Å². The molecule has 0 N–H and O–H groups in total. The van der Waals surface area contributed by atoms with Crippen molar-refractivity contribution in [2.45, 2.75) is 51.6 Å². The fraction of sp³-hybridized carbons (Fsp3) is 0.381. The van der Waals surface area contributed by atoms with Gasteiger partial charge >= 0.3 is 0 Å². The molecular formula is C21H23FN4O. The molecule has 27 heavy (non-hydrogen) atoms. The Kier molecular flexibility index (Phi) is 4.88. The number of aromatic nitrogens is 4. The van der Waals surface area contributed by atoms with Gasteiger partial charge in [0.1, 0.15) is 23.6 Å². The van der Waals surface area contributed by atoms with E-state index < -0.39 is 0 Å². The fourth-order valence-electron chi connectivity index (χ4n) is 3.76. The highest BCUT2D eigenvalue weighted by atomic mass is 19.1. The Morgan fingerprint density at radius 1 is 1.04 bits per heavy atom. The first-order valence-electron chi connectivity index (χ1n) is 9.38. The third kappa shape index (κ3) is 3.70. The predicted molar refractivity (Wildman–Crippen MR) is 101 cm³/mol. The first kappa shape index (κ1) is 17.6. The van der Waals surface area contributed by atoms with Crippen molar-refractivity contribution in [2.24, 2.45) is 0 Å². The zero-order valence-corrected chi connectivity index (χ0v) is 15.6. The smallest absolute Gasteiger partial charge is 0.213 e. The zero-order valence-electron chi connectivity index (χ0n) is 15.6. The van der Waals surface area contributed by atoms with Gasteiger partial charge in [0.2, 0.25) is 5.88 Å². The summed E-state index contributed by atoms with van der Waals surface area (Å²) in [6, 6.07) is 11.0. The van der Waals surface area contributed by atoms with E-state index in [1.165, 1.54) is 0 Å². The summed E-state index contributed by atoms with van der Waals surface area (Å²) in [4.78, 5) is 4.23. The van der Waals surface area contributed by atoms with Gasteiger partial charge in [-0.2, -0.15) is 0 Å². The molecule has 0 unspecified atom stereocenters. The van der Waals surface area contributed by atoms with E-state index in [-0.39, 0.29) is 17.8 Å². The van der Waals surface area contributed by atoms with Gasteiger partial charge in [0.25, 0.3) is 0 Å². The van der Waals surface area contributed by atoms with Gasteiger partial charge in [0.15, 0.2) is 0 Å². The fourth-order valence-corrected chi connectivity index (χ4v) is 3.76. The largest absolute Gasteiger partial charge is 0.474 e. The molecule has 0 amide bonds. The molecule has 1 aliphatic rings. The monoisotopic (exact) mass is 366 g/mol. The maximum absolute atomic E-state index is 14.5. The second-order valence-electron chi connectivity index (χ2n) is 7.16. The Morgan fingerprint density at radius 3 is 2.56 bits per heavy atom. The number of nitrogens with zero attached hydrogens (tertiary/aromatic N) is 4. The van der Waals surface area contributed by atoms with Crippen LogP contribution in [-0.4, -0.2) is 25.9 Å². The van der Waals surface area contributed by atoms with Crippen molar-refractivity contribution in [3.05, 3.63) is 65.6 Å². The van der Waals surface area contributed by atoms with Crippen LogP contribution in [0.5, 0.6) is 5.88 Å². The van der Waals surface area contributed by atoms with Crippen LogP contribution in [0.1, 0.15) is 48.8 Å². The first-order chi connectivity index (χ1) is 13.1. The van der Waals surface area contributed by atoms with E-state index in [2.05, 4.69) is 15.2 Å². The molecule has 0 aliphatic heterocycles. The summed E-state index contributed by atoms with van der Waals surface area (Å²) in [5.41, 5.74) is 1.42. The van der Waals surface area contributed by atoms with Gasteiger partial charge in [-0.1, -0.05) is 12.1 Å². The van der Waals surface area contributed by atoms with Crippen LogP contribution in [0.15, 0.2) is 42.6 Å². The van der Waals surface area contributed by atoms with Crippen LogP contribution >= 0.6 is 0 Å². The first-order valence-corrected chi connectivity index (χ1v) is 9.38. The molecule has 2 heterocycles. The maximum atomic E-state index is 14.5. The SMILES string of the molecule is Cc1ccc(-n2c(C)nnc2[C@H]2CC[C@H](Oc3ccccn3)CC2)c(F)c1. The predicted octanol–water partition coefficient (Wildman–Crippen LogP) is 4.52. The summed E-state index contributed by atoms with van der Waals surface area (Å²) in [5, 5.41) is 8.60. The summed E-state index contributed by atoms with van der Waals surface area (Å²) in [5.74, 6) is 2.22.